The molecule has 0 aliphatic carbocycles. The summed E-state index contributed by atoms with van der Waals surface area (Å²) in [6.07, 6.45) is 1.36. The average molecular weight is 234 g/mol. The zero-order chi connectivity index (χ0) is 12.8. The van der Waals surface area contributed by atoms with E-state index in [1.165, 1.54) is 0 Å². The van der Waals surface area contributed by atoms with Crippen molar-refractivity contribution in [2.24, 2.45) is 11.7 Å². The molecule has 0 bridgehead atoms. The van der Waals surface area contributed by atoms with E-state index in [2.05, 4.69) is 20.8 Å². The van der Waals surface area contributed by atoms with E-state index >= 15 is 0 Å². The van der Waals surface area contributed by atoms with Crippen LogP contribution < -0.4 is 5.73 Å². The second kappa shape index (κ2) is 6.40. The molecule has 94 valence electrons. The van der Waals surface area contributed by atoms with Crippen LogP contribution in [-0.2, 0) is 11.3 Å². The van der Waals surface area contributed by atoms with Crippen molar-refractivity contribution in [1.29, 1.82) is 5.41 Å². The Kier molecular flexibility index (Phi) is 5.16. The lowest BCUT2D eigenvalue weighted by Gasteiger charge is -2.15. The van der Waals surface area contributed by atoms with Crippen molar-refractivity contribution >= 4 is 5.84 Å². The highest BCUT2D eigenvalue weighted by Gasteiger charge is 2.05. The Morgan fingerprint density at radius 2 is 1.82 bits per heavy atom. The van der Waals surface area contributed by atoms with E-state index in [9.17, 15) is 0 Å². The smallest absolute Gasteiger partial charge is 0.122 e. The summed E-state index contributed by atoms with van der Waals surface area (Å²) >= 11 is 0. The standard InChI is InChI=1S/C14H22N2O/c1-10(2)8-11(3)17-9-12-4-6-13(7-5-12)14(15)16/h4-7,10-11H,8-9H2,1-3H3,(H3,15,16). The van der Waals surface area contributed by atoms with Crippen LogP contribution in [0.4, 0.5) is 0 Å². The molecule has 1 aromatic rings. The molecular formula is C14H22N2O. The molecule has 1 rings (SSSR count). The number of nitrogens with two attached hydrogens (primary N) is 1. The SMILES string of the molecule is CC(C)CC(C)OCc1ccc(C(=N)N)cc1. The molecule has 0 aliphatic heterocycles. The van der Waals surface area contributed by atoms with Crippen LogP contribution in [0.15, 0.2) is 24.3 Å². The van der Waals surface area contributed by atoms with Gasteiger partial charge in [-0.3, -0.25) is 5.41 Å². The first kappa shape index (κ1) is 13.7. The number of hydrogen-bond acceptors (Lipinski definition) is 2. The van der Waals surface area contributed by atoms with Crippen molar-refractivity contribution in [2.75, 3.05) is 0 Å². The van der Waals surface area contributed by atoms with E-state index in [4.69, 9.17) is 15.9 Å². The molecule has 3 nitrogen and oxygen atoms in total. The zero-order valence-corrected chi connectivity index (χ0v) is 10.9. The number of benzene rings is 1. The predicted molar refractivity (Wildman–Crippen MR) is 71.2 cm³/mol. The molecule has 17 heavy (non-hydrogen) atoms. The number of ether oxygens (including phenoxy) is 1. The topological polar surface area (TPSA) is 59.1 Å². The highest BCUT2D eigenvalue weighted by atomic mass is 16.5. The molecule has 1 aromatic carbocycles. The highest BCUT2D eigenvalue weighted by molar-refractivity contribution is 5.94. The fraction of sp³-hybridized carbons (Fsp3) is 0.500. The van der Waals surface area contributed by atoms with Crippen LogP contribution in [0.3, 0.4) is 0 Å². The summed E-state index contributed by atoms with van der Waals surface area (Å²) < 4.78 is 5.75. The molecule has 0 saturated heterocycles. The largest absolute Gasteiger partial charge is 0.384 e. The molecule has 1 atom stereocenters. The molecule has 0 aromatic heterocycles. The highest BCUT2D eigenvalue weighted by Crippen LogP contribution is 2.11. The predicted octanol–water partition coefficient (Wildman–Crippen LogP) is 2.92. The van der Waals surface area contributed by atoms with Gasteiger partial charge in [0, 0.05) is 5.56 Å². The zero-order valence-electron chi connectivity index (χ0n) is 10.9. The van der Waals surface area contributed by atoms with Crippen molar-refractivity contribution in [3.05, 3.63) is 35.4 Å². The fourth-order valence-electron chi connectivity index (χ4n) is 1.75. The van der Waals surface area contributed by atoms with Gasteiger partial charge in [-0.2, -0.15) is 0 Å². The fourth-order valence-corrected chi connectivity index (χ4v) is 1.75. The number of hydrogen-bond donors (Lipinski definition) is 2. The Bertz CT molecular complexity index is 357. The summed E-state index contributed by atoms with van der Waals surface area (Å²) in [6.45, 7) is 7.11. The summed E-state index contributed by atoms with van der Waals surface area (Å²) in [4.78, 5) is 0. The van der Waals surface area contributed by atoms with Crippen LogP contribution in [-0.4, -0.2) is 11.9 Å². The molecule has 0 radical (unpaired) electrons. The number of nitrogens with one attached hydrogen (secondary N) is 1. The van der Waals surface area contributed by atoms with Crippen LogP contribution in [0.25, 0.3) is 0 Å². The van der Waals surface area contributed by atoms with Crippen LogP contribution in [0.2, 0.25) is 0 Å². The third kappa shape index (κ3) is 5.00. The molecule has 0 spiro atoms. The molecule has 0 amide bonds. The number of nitrogen functional groups attached to an aromatic ring is 1. The lowest BCUT2D eigenvalue weighted by Crippen LogP contribution is -2.12. The van der Waals surface area contributed by atoms with Gasteiger partial charge in [-0.05, 0) is 24.8 Å². The lowest BCUT2D eigenvalue weighted by molar-refractivity contribution is 0.0397. The van der Waals surface area contributed by atoms with Crippen molar-refractivity contribution in [1.82, 2.24) is 0 Å². The second-order valence-electron chi connectivity index (χ2n) is 4.86. The van der Waals surface area contributed by atoms with Gasteiger partial charge >= 0.3 is 0 Å². The van der Waals surface area contributed by atoms with Crippen molar-refractivity contribution in [3.63, 3.8) is 0 Å². The van der Waals surface area contributed by atoms with Gasteiger partial charge in [-0.25, -0.2) is 0 Å². The van der Waals surface area contributed by atoms with Gasteiger partial charge in [0.05, 0.1) is 12.7 Å². The summed E-state index contributed by atoms with van der Waals surface area (Å²) in [6, 6.07) is 7.62. The van der Waals surface area contributed by atoms with Crippen LogP contribution in [0.5, 0.6) is 0 Å². The Hall–Kier alpha value is -1.35. The molecule has 3 heteroatoms. The minimum Gasteiger partial charge on any atom is -0.384 e. The summed E-state index contributed by atoms with van der Waals surface area (Å²) in [5, 5.41) is 7.30. The number of rotatable bonds is 6. The second-order valence-corrected chi connectivity index (χ2v) is 4.86. The maximum absolute atomic E-state index is 7.30. The normalized spacial score (nSPS) is 12.7. The van der Waals surface area contributed by atoms with Gasteiger partial charge in [0.15, 0.2) is 0 Å². The van der Waals surface area contributed by atoms with Crippen LogP contribution >= 0.6 is 0 Å². The van der Waals surface area contributed by atoms with E-state index in [1.54, 1.807) is 0 Å². The van der Waals surface area contributed by atoms with Crippen molar-refractivity contribution in [2.45, 2.75) is 39.9 Å². The average Bonchev–Trinajstić information content (AvgIpc) is 2.26. The van der Waals surface area contributed by atoms with E-state index in [-0.39, 0.29) is 11.9 Å². The van der Waals surface area contributed by atoms with Crippen LogP contribution in [0.1, 0.15) is 38.3 Å². The van der Waals surface area contributed by atoms with E-state index in [0.717, 1.165) is 17.5 Å². The van der Waals surface area contributed by atoms with Gasteiger partial charge in [-0.1, -0.05) is 38.1 Å². The first-order valence-electron chi connectivity index (χ1n) is 6.04. The Morgan fingerprint density at radius 3 is 2.29 bits per heavy atom. The molecule has 1 unspecified atom stereocenters. The molecule has 0 aliphatic rings. The molecule has 0 heterocycles. The minimum absolute atomic E-state index is 0.102. The first-order valence-corrected chi connectivity index (χ1v) is 6.04. The monoisotopic (exact) mass is 234 g/mol. The van der Waals surface area contributed by atoms with Gasteiger partial charge in [0.25, 0.3) is 0 Å². The van der Waals surface area contributed by atoms with E-state index < -0.39 is 0 Å². The number of amidine groups is 1. The third-order valence-corrected chi connectivity index (χ3v) is 2.60. The maximum atomic E-state index is 7.30. The van der Waals surface area contributed by atoms with Crippen molar-refractivity contribution < 1.29 is 4.74 Å². The van der Waals surface area contributed by atoms with Crippen LogP contribution in [0, 0.1) is 11.3 Å². The Balaban J connectivity index is 2.44. The van der Waals surface area contributed by atoms with Gasteiger partial charge in [-0.15, -0.1) is 0 Å². The van der Waals surface area contributed by atoms with Crippen molar-refractivity contribution in [3.8, 4) is 0 Å². The van der Waals surface area contributed by atoms with E-state index in [1.807, 2.05) is 24.3 Å². The quantitative estimate of drug-likeness (QED) is 0.587. The molecule has 0 saturated carbocycles. The summed E-state index contributed by atoms with van der Waals surface area (Å²) in [5.41, 5.74) is 7.26. The first-order chi connectivity index (χ1) is 7.99. The van der Waals surface area contributed by atoms with E-state index in [0.29, 0.717) is 12.5 Å². The Morgan fingerprint density at radius 1 is 1.24 bits per heavy atom. The maximum Gasteiger partial charge on any atom is 0.122 e. The third-order valence-electron chi connectivity index (χ3n) is 2.60. The molecular weight excluding hydrogens is 212 g/mol. The summed E-state index contributed by atoms with van der Waals surface area (Å²) in [7, 11) is 0. The molecule has 3 N–H and O–H groups in total. The molecule has 0 fully saturated rings. The lowest BCUT2D eigenvalue weighted by atomic mass is 10.1. The minimum atomic E-state index is 0.102. The van der Waals surface area contributed by atoms with Gasteiger partial charge in [0.1, 0.15) is 5.84 Å². The van der Waals surface area contributed by atoms with Gasteiger partial charge < -0.3 is 10.5 Å². The summed E-state index contributed by atoms with van der Waals surface area (Å²) in [5.74, 6) is 0.760. The van der Waals surface area contributed by atoms with Gasteiger partial charge in [0.2, 0.25) is 0 Å². The Labute approximate surface area is 103 Å².